The van der Waals surface area contributed by atoms with Crippen molar-refractivity contribution in [2.75, 3.05) is 20.2 Å². The molecule has 1 N–H and O–H groups in total. The van der Waals surface area contributed by atoms with Crippen LogP contribution in [0.5, 0.6) is 11.5 Å². The van der Waals surface area contributed by atoms with Crippen LogP contribution in [-0.2, 0) is 6.54 Å². The maximum atomic E-state index is 12.5. The Bertz CT molecular complexity index is 749. The summed E-state index contributed by atoms with van der Waals surface area (Å²) in [7, 11) is 1.64. The van der Waals surface area contributed by atoms with Crippen molar-refractivity contribution in [2.45, 2.75) is 20.4 Å². The lowest BCUT2D eigenvalue weighted by Gasteiger charge is -2.20. The summed E-state index contributed by atoms with van der Waals surface area (Å²) in [6, 6.07) is 12.3. The minimum absolute atomic E-state index is 0.0770. The van der Waals surface area contributed by atoms with Gasteiger partial charge in [0.05, 0.1) is 7.11 Å². The van der Waals surface area contributed by atoms with Gasteiger partial charge in [-0.05, 0) is 55.1 Å². The molecule has 0 bridgehead atoms. The van der Waals surface area contributed by atoms with Gasteiger partial charge in [-0.2, -0.15) is 0 Å². The van der Waals surface area contributed by atoms with E-state index in [1.807, 2.05) is 18.2 Å². The van der Waals surface area contributed by atoms with Crippen LogP contribution in [0.1, 0.15) is 35.3 Å². The molecular weight excluding hydrogens is 314 g/mol. The molecule has 0 unspecified atom stereocenters. The summed E-state index contributed by atoms with van der Waals surface area (Å²) in [6.45, 7) is 6.85. The van der Waals surface area contributed by atoms with Gasteiger partial charge in [-0.3, -0.25) is 9.69 Å². The molecule has 0 aliphatic rings. The zero-order valence-corrected chi connectivity index (χ0v) is 15.0. The van der Waals surface area contributed by atoms with Crippen molar-refractivity contribution in [1.29, 1.82) is 0 Å². The van der Waals surface area contributed by atoms with Crippen LogP contribution in [0.15, 0.2) is 48.5 Å². The molecule has 0 spiro atoms. The molecule has 0 aliphatic heterocycles. The number of ketones is 1. The van der Waals surface area contributed by atoms with E-state index in [0.29, 0.717) is 5.56 Å². The minimum atomic E-state index is -0.0770. The Morgan fingerprint density at radius 3 is 2.56 bits per heavy atom. The average molecular weight is 339 g/mol. The lowest BCUT2D eigenvalue weighted by Crippen LogP contribution is -2.22. The molecule has 132 valence electrons. The number of hydrogen-bond donors (Lipinski definition) is 1. The molecule has 0 aliphatic carbocycles. The van der Waals surface area contributed by atoms with Gasteiger partial charge in [0.1, 0.15) is 11.5 Å². The van der Waals surface area contributed by atoms with Gasteiger partial charge < -0.3 is 9.84 Å². The Kier molecular flexibility index (Phi) is 6.78. The van der Waals surface area contributed by atoms with Crippen molar-refractivity contribution >= 4 is 11.9 Å². The molecule has 2 aromatic rings. The van der Waals surface area contributed by atoms with E-state index in [-0.39, 0.29) is 11.5 Å². The normalized spacial score (nSPS) is 11.2. The molecule has 0 fully saturated rings. The third-order valence-electron chi connectivity index (χ3n) is 4.15. The topological polar surface area (TPSA) is 49.8 Å². The smallest absolute Gasteiger partial charge is 0.185 e. The van der Waals surface area contributed by atoms with E-state index in [1.54, 1.807) is 37.5 Å². The summed E-state index contributed by atoms with van der Waals surface area (Å²) in [5, 5.41) is 9.48. The van der Waals surface area contributed by atoms with Crippen LogP contribution in [-0.4, -0.2) is 36.0 Å². The quantitative estimate of drug-likeness (QED) is 0.580. The second-order valence-electron chi connectivity index (χ2n) is 5.78. The fraction of sp³-hybridized carbons (Fsp3) is 0.286. The van der Waals surface area contributed by atoms with Crippen LogP contribution >= 0.6 is 0 Å². The molecule has 4 heteroatoms. The van der Waals surface area contributed by atoms with Crippen LogP contribution in [0, 0.1) is 0 Å². The molecule has 2 aromatic carbocycles. The maximum Gasteiger partial charge on any atom is 0.185 e. The van der Waals surface area contributed by atoms with Gasteiger partial charge in [0.25, 0.3) is 0 Å². The van der Waals surface area contributed by atoms with Gasteiger partial charge in [-0.1, -0.05) is 32.1 Å². The van der Waals surface area contributed by atoms with E-state index in [2.05, 4.69) is 18.7 Å². The highest BCUT2D eigenvalue weighted by atomic mass is 16.5. The Morgan fingerprint density at radius 1 is 1.16 bits per heavy atom. The number of ether oxygens (including phenoxy) is 1. The van der Waals surface area contributed by atoms with Gasteiger partial charge in [0, 0.05) is 17.7 Å². The van der Waals surface area contributed by atoms with Crippen molar-refractivity contribution in [3.8, 4) is 11.5 Å². The first kappa shape index (κ1) is 18.7. The summed E-state index contributed by atoms with van der Waals surface area (Å²) < 4.78 is 5.43. The monoisotopic (exact) mass is 339 g/mol. The molecule has 4 nitrogen and oxygen atoms in total. The lowest BCUT2D eigenvalue weighted by atomic mass is 10.0. The Labute approximate surface area is 149 Å². The van der Waals surface area contributed by atoms with E-state index >= 15 is 0 Å². The van der Waals surface area contributed by atoms with E-state index in [0.717, 1.165) is 36.5 Å². The third kappa shape index (κ3) is 5.19. The molecule has 0 atom stereocenters. The van der Waals surface area contributed by atoms with E-state index in [1.165, 1.54) is 6.08 Å². The van der Waals surface area contributed by atoms with E-state index < -0.39 is 0 Å². The van der Waals surface area contributed by atoms with Crippen molar-refractivity contribution in [3.05, 3.63) is 65.2 Å². The molecule has 0 saturated heterocycles. The highest BCUT2D eigenvalue weighted by Gasteiger charge is 2.11. The summed E-state index contributed by atoms with van der Waals surface area (Å²) in [5.41, 5.74) is 2.41. The number of phenolic OH excluding ortho intramolecular Hbond substituents is 1. The van der Waals surface area contributed by atoms with Crippen LogP contribution in [0.4, 0.5) is 0 Å². The van der Waals surface area contributed by atoms with Crippen molar-refractivity contribution in [2.24, 2.45) is 0 Å². The highest BCUT2D eigenvalue weighted by Crippen LogP contribution is 2.22. The van der Waals surface area contributed by atoms with Gasteiger partial charge in [-0.15, -0.1) is 0 Å². The van der Waals surface area contributed by atoms with Crippen molar-refractivity contribution in [3.63, 3.8) is 0 Å². The zero-order chi connectivity index (χ0) is 18.2. The lowest BCUT2D eigenvalue weighted by molar-refractivity contribution is 0.104. The number of phenols is 1. The first-order valence-corrected chi connectivity index (χ1v) is 8.48. The number of hydrogen-bond acceptors (Lipinski definition) is 4. The molecule has 0 amide bonds. The number of carbonyl (C=O) groups is 1. The molecule has 2 rings (SSSR count). The predicted molar refractivity (Wildman–Crippen MR) is 101 cm³/mol. The number of aromatic hydroxyl groups is 1. The third-order valence-corrected chi connectivity index (χ3v) is 4.15. The van der Waals surface area contributed by atoms with Crippen LogP contribution in [0.25, 0.3) is 6.08 Å². The van der Waals surface area contributed by atoms with Crippen LogP contribution in [0.2, 0.25) is 0 Å². The Morgan fingerprint density at radius 2 is 1.92 bits per heavy atom. The van der Waals surface area contributed by atoms with Crippen molar-refractivity contribution in [1.82, 2.24) is 4.90 Å². The molecule has 0 heterocycles. The van der Waals surface area contributed by atoms with Crippen LogP contribution < -0.4 is 4.74 Å². The molecule has 0 radical (unpaired) electrons. The number of benzene rings is 2. The van der Waals surface area contributed by atoms with E-state index in [9.17, 15) is 9.90 Å². The van der Waals surface area contributed by atoms with Crippen molar-refractivity contribution < 1.29 is 14.6 Å². The number of carbonyl (C=O) groups excluding carboxylic acids is 1. The number of methoxy groups -OCH3 is 1. The standard InChI is InChI=1S/C21H25NO3/c1-4-22(5-2)15-18-14-17(10-12-21(18)25-3)20(24)11-9-16-7-6-8-19(23)13-16/h6-14,23H,4-5,15H2,1-3H3/b11-9+. The zero-order valence-electron chi connectivity index (χ0n) is 15.0. The summed E-state index contributed by atoms with van der Waals surface area (Å²) in [5.74, 6) is 0.896. The fourth-order valence-corrected chi connectivity index (χ4v) is 2.64. The second kappa shape index (κ2) is 9.04. The van der Waals surface area contributed by atoms with Gasteiger partial charge in [-0.25, -0.2) is 0 Å². The number of nitrogens with zero attached hydrogens (tertiary/aromatic N) is 1. The predicted octanol–water partition coefficient (Wildman–Crippen LogP) is 4.14. The van der Waals surface area contributed by atoms with Crippen LogP contribution in [0.3, 0.4) is 0 Å². The first-order chi connectivity index (χ1) is 12.1. The number of rotatable bonds is 8. The number of allylic oxidation sites excluding steroid dienone is 1. The molecular formula is C21H25NO3. The Hall–Kier alpha value is -2.59. The Balaban J connectivity index is 2.21. The van der Waals surface area contributed by atoms with E-state index in [4.69, 9.17) is 4.74 Å². The first-order valence-electron chi connectivity index (χ1n) is 8.48. The summed E-state index contributed by atoms with van der Waals surface area (Å²) in [4.78, 5) is 14.7. The summed E-state index contributed by atoms with van der Waals surface area (Å²) in [6.07, 6.45) is 3.23. The average Bonchev–Trinajstić information content (AvgIpc) is 2.64. The summed E-state index contributed by atoms with van der Waals surface area (Å²) >= 11 is 0. The molecule has 0 saturated carbocycles. The minimum Gasteiger partial charge on any atom is -0.508 e. The maximum absolute atomic E-state index is 12.5. The van der Waals surface area contributed by atoms with Gasteiger partial charge in [0.2, 0.25) is 0 Å². The van der Waals surface area contributed by atoms with Gasteiger partial charge in [0.15, 0.2) is 5.78 Å². The van der Waals surface area contributed by atoms with Gasteiger partial charge >= 0.3 is 0 Å². The fourth-order valence-electron chi connectivity index (χ4n) is 2.64. The largest absolute Gasteiger partial charge is 0.508 e. The molecule has 25 heavy (non-hydrogen) atoms. The molecule has 0 aromatic heterocycles. The SMILES string of the molecule is CCN(CC)Cc1cc(C(=O)/C=C/c2cccc(O)c2)ccc1OC. The highest BCUT2D eigenvalue weighted by molar-refractivity contribution is 6.07. The second-order valence-corrected chi connectivity index (χ2v) is 5.78.